The summed E-state index contributed by atoms with van der Waals surface area (Å²) in [5.74, 6) is 0. The van der Waals surface area contributed by atoms with Crippen LogP contribution in [0.2, 0.25) is 0 Å². The maximum atomic E-state index is 9.21. The van der Waals surface area contributed by atoms with Crippen LogP contribution in [0.3, 0.4) is 0 Å². The predicted octanol–water partition coefficient (Wildman–Crippen LogP) is 3.16. The minimum atomic E-state index is 0.749. The number of benzene rings is 2. The molecule has 2 aromatic carbocycles. The highest BCUT2D eigenvalue weighted by molar-refractivity contribution is 5.97. The fourth-order valence-electron chi connectivity index (χ4n) is 2.80. The Balaban J connectivity index is 2.17. The van der Waals surface area contributed by atoms with Gasteiger partial charge in [0.1, 0.15) is 0 Å². The molecule has 1 heterocycles. The number of nitriles is 1. The van der Waals surface area contributed by atoms with Gasteiger partial charge in [0.05, 0.1) is 17.3 Å². The lowest BCUT2D eigenvalue weighted by molar-refractivity contribution is 0.260. The van der Waals surface area contributed by atoms with Gasteiger partial charge in [-0.1, -0.05) is 24.3 Å². The van der Waals surface area contributed by atoms with Gasteiger partial charge in [0.25, 0.3) is 0 Å². The van der Waals surface area contributed by atoms with Crippen molar-refractivity contribution < 1.29 is 0 Å². The van der Waals surface area contributed by atoms with Gasteiger partial charge in [0, 0.05) is 30.9 Å². The minimum Gasteiger partial charge on any atom is -0.305 e. The van der Waals surface area contributed by atoms with E-state index in [1.54, 1.807) is 0 Å². The Bertz CT molecular complexity index is 642. The maximum Gasteiger partial charge on any atom is 0.0998 e. The molecule has 0 N–H and O–H groups in total. The number of fused-ring (bicyclic) bond motifs is 1. The largest absolute Gasteiger partial charge is 0.305 e. The number of rotatable bonds is 1. The van der Waals surface area contributed by atoms with E-state index in [4.69, 9.17) is 0 Å². The Morgan fingerprint density at radius 3 is 2.47 bits per heavy atom. The Kier molecular flexibility index (Phi) is 3.10. The van der Waals surface area contributed by atoms with Crippen molar-refractivity contribution >= 4 is 16.5 Å². The molecule has 1 fully saturated rings. The van der Waals surface area contributed by atoms with E-state index in [9.17, 15) is 5.26 Å². The van der Waals surface area contributed by atoms with E-state index in [1.807, 2.05) is 24.3 Å². The summed E-state index contributed by atoms with van der Waals surface area (Å²) in [6.07, 6.45) is 2.47. The van der Waals surface area contributed by atoms with Gasteiger partial charge in [-0.25, -0.2) is 5.01 Å². The topological polar surface area (TPSA) is 30.3 Å². The van der Waals surface area contributed by atoms with Crippen LogP contribution >= 0.6 is 0 Å². The van der Waals surface area contributed by atoms with Gasteiger partial charge >= 0.3 is 0 Å². The second-order valence-electron chi connectivity index (χ2n) is 5.00. The zero-order chi connectivity index (χ0) is 13.2. The Hall–Kier alpha value is -2.05. The molecule has 0 radical (unpaired) electrons. The summed E-state index contributed by atoms with van der Waals surface area (Å²) >= 11 is 0. The highest BCUT2D eigenvalue weighted by Crippen LogP contribution is 2.31. The van der Waals surface area contributed by atoms with E-state index in [2.05, 4.69) is 35.3 Å². The van der Waals surface area contributed by atoms with Crippen LogP contribution in [0.25, 0.3) is 10.8 Å². The van der Waals surface area contributed by atoms with Gasteiger partial charge in [0.2, 0.25) is 0 Å². The van der Waals surface area contributed by atoms with Crippen molar-refractivity contribution in [2.45, 2.75) is 12.8 Å². The molecule has 0 spiro atoms. The standard InChI is InChI=1S/C16H17N3/c1-18-10-4-5-11-19(18)16-9-8-13(12-17)14-6-2-3-7-15(14)16/h2-3,6-9H,4-5,10-11H2,1H3. The first-order valence-corrected chi connectivity index (χ1v) is 6.71. The summed E-state index contributed by atoms with van der Waals surface area (Å²) in [7, 11) is 2.13. The van der Waals surface area contributed by atoms with Gasteiger partial charge in [-0.15, -0.1) is 0 Å². The van der Waals surface area contributed by atoms with Gasteiger partial charge in [-0.3, -0.25) is 0 Å². The molecule has 3 rings (SSSR count). The van der Waals surface area contributed by atoms with Crippen molar-refractivity contribution in [1.29, 1.82) is 5.26 Å². The molecular formula is C16H17N3. The van der Waals surface area contributed by atoms with Crippen LogP contribution in [0, 0.1) is 11.3 Å². The third-order valence-electron chi connectivity index (χ3n) is 3.81. The summed E-state index contributed by atoms with van der Waals surface area (Å²) in [5.41, 5.74) is 1.95. The van der Waals surface area contributed by atoms with E-state index in [-0.39, 0.29) is 0 Å². The SMILES string of the molecule is CN1CCCCN1c1ccc(C#N)c2ccccc12. The first-order valence-electron chi connectivity index (χ1n) is 6.71. The molecule has 1 aliphatic heterocycles. The van der Waals surface area contributed by atoms with Crippen LogP contribution in [-0.2, 0) is 0 Å². The molecule has 0 atom stereocenters. The molecule has 0 aromatic heterocycles. The molecule has 96 valence electrons. The van der Waals surface area contributed by atoms with Crippen LogP contribution in [0.1, 0.15) is 18.4 Å². The number of hydrazine groups is 1. The minimum absolute atomic E-state index is 0.749. The Morgan fingerprint density at radius 2 is 1.74 bits per heavy atom. The third kappa shape index (κ3) is 2.05. The van der Waals surface area contributed by atoms with Gasteiger partial charge in [0.15, 0.2) is 0 Å². The van der Waals surface area contributed by atoms with Crippen molar-refractivity contribution in [3.05, 3.63) is 42.0 Å². The molecule has 3 nitrogen and oxygen atoms in total. The highest BCUT2D eigenvalue weighted by Gasteiger charge is 2.18. The number of nitrogens with zero attached hydrogens (tertiary/aromatic N) is 3. The normalized spacial score (nSPS) is 16.5. The molecule has 3 heteroatoms. The van der Waals surface area contributed by atoms with Gasteiger partial charge in [-0.05, 0) is 25.0 Å². The molecule has 0 aliphatic carbocycles. The van der Waals surface area contributed by atoms with E-state index in [0.717, 1.165) is 29.4 Å². The Morgan fingerprint density at radius 1 is 1.00 bits per heavy atom. The van der Waals surface area contributed by atoms with Crippen LogP contribution in [-0.4, -0.2) is 25.1 Å². The van der Waals surface area contributed by atoms with Crippen molar-refractivity contribution in [3.8, 4) is 6.07 Å². The van der Waals surface area contributed by atoms with Crippen LogP contribution in [0.15, 0.2) is 36.4 Å². The van der Waals surface area contributed by atoms with Crippen molar-refractivity contribution in [1.82, 2.24) is 5.01 Å². The van der Waals surface area contributed by atoms with Crippen molar-refractivity contribution in [2.24, 2.45) is 0 Å². The summed E-state index contributed by atoms with van der Waals surface area (Å²) < 4.78 is 0. The summed E-state index contributed by atoms with van der Waals surface area (Å²) in [6, 6.07) is 14.4. The van der Waals surface area contributed by atoms with E-state index < -0.39 is 0 Å². The second-order valence-corrected chi connectivity index (χ2v) is 5.00. The lowest BCUT2D eigenvalue weighted by Gasteiger charge is -2.38. The van der Waals surface area contributed by atoms with Gasteiger partial charge < -0.3 is 5.01 Å². The molecule has 19 heavy (non-hydrogen) atoms. The zero-order valence-corrected chi connectivity index (χ0v) is 11.1. The lowest BCUT2D eigenvalue weighted by Crippen LogP contribution is -2.44. The fourth-order valence-corrected chi connectivity index (χ4v) is 2.80. The zero-order valence-electron chi connectivity index (χ0n) is 11.1. The average molecular weight is 251 g/mol. The van der Waals surface area contributed by atoms with E-state index in [1.165, 1.54) is 18.5 Å². The number of hydrogen-bond acceptors (Lipinski definition) is 3. The molecule has 1 saturated heterocycles. The number of anilines is 1. The smallest absolute Gasteiger partial charge is 0.0998 e. The summed E-state index contributed by atoms with van der Waals surface area (Å²) in [4.78, 5) is 0. The molecule has 0 saturated carbocycles. The monoisotopic (exact) mass is 251 g/mol. The number of hydrogen-bond donors (Lipinski definition) is 0. The fraction of sp³-hybridized carbons (Fsp3) is 0.312. The van der Waals surface area contributed by atoms with Crippen LogP contribution < -0.4 is 5.01 Å². The highest BCUT2D eigenvalue weighted by atomic mass is 15.6. The average Bonchev–Trinajstić information content (AvgIpc) is 2.47. The predicted molar refractivity (Wildman–Crippen MR) is 77.9 cm³/mol. The van der Waals surface area contributed by atoms with E-state index in [0.29, 0.717) is 0 Å². The second kappa shape index (κ2) is 4.91. The first kappa shape index (κ1) is 12.0. The van der Waals surface area contributed by atoms with Gasteiger partial charge in [-0.2, -0.15) is 5.26 Å². The Labute approximate surface area is 113 Å². The summed E-state index contributed by atoms with van der Waals surface area (Å²) in [6.45, 7) is 2.14. The molecule has 0 unspecified atom stereocenters. The van der Waals surface area contributed by atoms with Crippen LogP contribution in [0.4, 0.5) is 5.69 Å². The molecule has 1 aliphatic rings. The quantitative estimate of drug-likeness (QED) is 0.780. The first-order chi connectivity index (χ1) is 9.31. The summed E-state index contributed by atoms with van der Waals surface area (Å²) in [5, 5.41) is 16.0. The molecule has 0 bridgehead atoms. The van der Waals surface area contributed by atoms with Crippen LogP contribution in [0.5, 0.6) is 0 Å². The maximum absolute atomic E-state index is 9.21. The van der Waals surface area contributed by atoms with Crippen molar-refractivity contribution in [3.63, 3.8) is 0 Å². The van der Waals surface area contributed by atoms with Crippen molar-refractivity contribution in [2.75, 3.05) is 25.1 Å². The molecule has 0 amide bonds. The van der Waals surface area contributed by atoms with E-state index >= 15 is 0 Å². The lowest BCUT2D eigenvalue weighted by atomic mass is 10.0. The molecule has 2 aromatic rings. The third-order valence-corrected chi connectivity index (χ3v) is 3.81. The molecular weight excluding hydrogens is 234 g/mol.